The normalized spacial score (nSPS) is 9.35. The van der Waals surface area contributed by atoms with Crippen molar-refractivity contribution in [2.45, 2.75) is 45.4 Å². The smallest absolute Gasteiger partial charge is 0.665 e. The molecule has 1 aromatic rings. The number of hydrogen-bond acceptors (Lipinski definition) is 2. The number of carbonyl (C=O) groups excluding carboxylic acids is 1. The number of ketones is 1. The molecule has 108 valence electrons. The molecular weight excluding hydrogens is 299 g/mol. The van der Waals surface area contributed by atoms with E-state index in [1.165, 1.54) is 0 Å². The van der Waals surface area contributed by atoms with Crippen LogP contribution in [0.4, 0.5) is 0 Å². The van der Waals surface area contributed by atoms with Gasteiger partial charge in [-0.05, 0) is 43.0 Å². The molecule has 4 heteroatoms. The van der Waals surface area contributed by atoms with Gasteiger partial charge in [-0.15, -0.1) is 0 Å². The van der Waals surface area contributed by atoms with Crippen LogP contribution in [0.1, 0.15) is 44.6 Å². The molecule has 0 aromatic heterocycles. The second-order valence-electron chi connectivity index (χ2n) is 4.39. The Morgan fingerprint density at radius 1 is 1.25 bits per heavy atom. The van der Waals surface area contributed by atoms with Crippen LogP contribution in [-0.2, 0) is 11.2 Å². The predicted molar refractivity (Wildman–Crippen MR) is 81.3 cm³/mol. The van der Waals surface area contributed by atoms with Gasteiger partial charge in [-0.2, -0.15) is 7.11 Å². The Kier molecular flexibility index (Phi) is 15.2. The molecule has 0 unspecified atom stereocenters. The number of unbranched alkanes of at least 4 members (excludes halogenated alkanes) is 2. The minimum Gasteiger partial charge on any atom is -0.665 e. The zero-order valence-corrected chi connectivity index (χ0v) is 16.8. The fraction of sp³-hybridized carbons (Fsp3) is 0.438. The maximum Gasteiger partial charge on any atom is 1.00 e. The first kappa shape index (κ1) is 22.9. The van der Waals surface area contributed by atoms with E-state index < -0.39 is 0 Å². The van der Waals surface area contributed by atoms with Crippen molar-refractivity contribution in [3.05, 3.63) is 43.3 Å². The number of ether oxygens (including phenoxy) is 1. The minimum absolute atomic E-state index is 0. The summed E-state index contributed by atoms with van der Waals surface area (Å²) in [6, 6.07) is 5.65. The van der Waals surface area contributed by atoms with Crippen LogP contribution in [-0.4, -0.2) is 5.78 Å². The molecular formula is C16H23ClKO2-. The second-order valence-corrected chi connectivity index (χ2v) is 4.83. The quantitative estimate of drug-likeness (QED) is 0.416. The van der Waals surface area contributed by atoms with Gasteiger partial charge in [0.25, 0.3) is 0 Å². The van der Waals surface area contributed by atoms with Crippen LogP contribution in [0.15, 0.2) is 18.2 Å². The van der Waals surface area contributed by atoms with Crippen LogP contribution < -0.4 is 56.1 Å². The zero-order valence-electron chi connectivity index (χ0n) is 12.9. The van der Waals surface area contributed by atoms with Gasteiger partial charge >= 0.3 is 51.4 Å². The monoisotopic (exact) mass is 321 g/mol. The van der Waals surface area contributed by atoms with Gasteiger partial charge in [0.2, 0.25) is 0 Å². The Labute approximate surface area is 171 Å². The van der Waals surface area contributed by atoms with E-state index in [4.69, 9.17) is 16.3 Å². The summed E-state index contributed by atoms with van der Waals surface area (Å²) in [4.78, 5) is 11.1. The van der Waals surface area contributed by atoms with Crippen LogP contribution in [0.25, 0.3) is 0 Å². The first-order chi connectivity index (χ1) is 8.65. The van der Waals surface area contributed by atoms with Gasteiger partial charge < -0.3 is 12.2 Å². The third kappa shape index (κ3) is 9.53. The largest absolute Gasteiger partial charge is 1.00 e. The van der Waals surface area contributed by atoms with Gasteiger partial charge in [0, 0.05) is 17.9 Å². The number of benzene rings is 1. The van der Waals surface area contributed by atoms with Gasteiger partial charge in [0.15, 0.2) is 0 Å². The van der Waals surface area contributed by atoms with Crippen LogP contribution in [0, 0.1) is 14.5 Å². The van der Waals surface area contributed by atoms with E-state index in [9.17, 15) is 4.79 Å². The van der Waals surface area contributed by atoms with Gasteiger partial charge in [0.1, 0.15) is 5.78 Å². The fourth-order valence-electron chi connectivity index (χ4n) is 1.85. The molecule has 0 aliphatic carbocycles. The molecule has 0 aliphatic rings. The van der Waals surface area contributed by atoms with E-state index in [0.717, 1.165) is 31.2 Å². The van der Waals surface area contributed by atoms with Crippen LogP contribution in [0.5, 0.6) is 5.75 Å². The molecule has 0 fully saturated rings. The number of rotatable bonds is 8. The summed E-state index contributed by atoms with van der Waals surface area (Å²) in [7, 11) is 3.38. The molecule has 0 N–H and O–H groups in total. The summed E-state index contributed by atoms with van der Waals surface area (Å²) in [5.74, 6) is 1.05. The first-order valence-corrected chi connectivity index (χ1v) is 6.76. The van der Waals surface area contributed by atoms with Crippen molar-refractivity contribution in [3.63, 3.8) is 0 Å². The zero-order chi connectivity index (χ0) is 13.4. The number of hydrogen-bond donors (Lipinski definition) is 0. The molecule has 0 bridgehead atoms. The minimum atomic E-state index is 0. The van der Waals surface area contributed by atoms with Crippen molar-refractivity contribution < 1.29 is 60.9 Å². The van der Waals surface area contributed by atoms with Crippen molar-refractivity contribution in [1.29, 1.82) is 0 Å². The van der Waals surface area contributed by atoms with E-state index in [0.29, 0.717) is 29.4 Å². The Balaban J connectivity index is 0. The average Bonchev–Trinajstić information content (AvgIpc) is 2.37. The van der Waals surface area contributed by atoms with Gasteiger partial charge in [0.05, 0.1) is 5.75 Å². The van der Waals surface area contributed by atoms with Crippen LogP contribution in [0.2, 0.25) is 5.02 Å². The summed E-state index contributed by atoms with van der Waals surface area (Å²) in [6.45, 7) is 1.91. The first-order valence-electron chi connectivity index (χ1n) is 6.39. The molecule has 0 aliphatic heterocycles. The molecule has 0 saturated carbocycles. The molecule has 0 saturated heterocycles. The SMILES string of the molecule is [CH2-]Oc1cc(Cl)cc(CCCCCC(=O)CC)c1.[CH3-].[K+]. The third-order valence-electron chi connectivity index (χ3n) is 2.91. The van der Waals surface area contributed by atoms with E-state index in [1.54, 1.807) is 6.07 Å². The van der Waals surface area contributed by atoms with E-state index >= 15 is 0 Å². The molecule has 0 radical (unpaired) electrons. The number of aryl methyl sites for hydroxylation is 1. The summed E-state index contributed by atoms with van der Waals surface area (Å²) < 4.78 is 4.93. The van der Waals surface area contributed by atoms with Crippen molar-refractivity contribution in [2.24, 2.45) is 0 Å². The summed E-state index contributed by atoms with van der Waals surface area (Å²) in [5.41, 5.74) is 1.16. The van der Waals surface area contributed by atoms with Crippen LogP contribution >= 0.6 is 11.6 Å². The maximum atomic E-state index is 11.1. The Bertz CT molecular complexity index is 394. The van der Waals surface area contributed by atoms with Gasteiger partial charge in [-0.3, -0.25) is 4.79 Å². The third-order valence-corrected chi connectivity index (χ3v) is 3.13. The molecule has 0 atom stereocenters. The maximum absolute atomic E-state index is 11.1. The van der Waals surface area contributed by atoms with Crippen molar-refractivity contribution in [3.8, 4) is 5.75 Å². The predicted octanol–water partition coefficient (Wildman–Crippen LogP) is 2.05. The molecule has 2 nitrogen and oxygen atoms in total. The molecule has 0 heterocycles. The molecule has 20 heavy (non-hydrogen) atoms. The topological polar surface area (TPSA) is 26.3 Å². The molecule has 0 amide bonds. The van der Waals surface area contributed by atoms with Crippen molar-refractivity contribution in [1.82, 2.24) is 0 Å². The van der Waals surface area contributed by atoms with Gasteiger partial charge in [-0.25, -0.2) is 0 Å². The van der Waals surface area contributed by atoms with Crippen molar-refractivity contribution >= 4 is 17.4 Å². The fourth-order valence-corrected chi connectivity index (χ4v) is 2.10. The van der Waals surface area contributed by atoms with E-state index in [-0.39, 0.29) is 58.8 Å². The van der Waals surface area contributed by atoms with Crippen LogP contribution in [0.3, 0.4) is 0 Å². The average molecular weight is 322 g/mol. The number of carbonyl (C=O) groups is 1. The molecule has 1 aromatic carbocycles. The Hall–Kier alpha value is 0.616. The standard InChI is InChI=1S/C15H20ClO2.CH3.K/c1-3-14(17)8-6-4-5-7-12-9-13(16)11-15(10-12)18-2;;/h9-11H,2-8H2,1H3;1H3;/q2*-1;+1. The summed E-state index contributed by atoms with van der Waals surface area (Å²) in [6.07, 6.45) is 5.42. The molecule has 1 rings (SSSR count). The second kappa shape index (κ2) is 13.3. The number of halogens is 1. The number of Topliss-reactive ketones (excluding diaryl/α,β-unsaturated/α-hetero) is 1. The summed E-state index contributed by atoms with van der Waals surface area (Å²) in [5, 5.41) is 0.673. The van der Waals surface area contributed by atoms with E-state index in [1.807, 2.05) is 19.1 Å². The Morgan fingerprint density at radius 3 is 2.55 bits per heavy atom. The summed E-state index contributed by atoms with van der Waals surface area (Å²) >= 11 is 5.98. The van der Waals surface area contributed by atoms with E-state index in [2.05, 4.69) is 7.11 Å². The van der Waals surface area contributed by atoms with Gasteiger partial charge in [-0.1, -0.05) is 24.9 Å². The Morgan fingerprint density at radius 2 is 1.95 bits per heavy atom. The van der Waals surface area contributed by atoms with Crippen molar-refractivity contribution in [2.75, 3.05) is 0 Å². The molecule has 0 spiro atoms.